The first-order valence-electron chi connectivity index (χ1n) is 7.64. The predicted octanol–water partition coefficient (Wildman–Crippen LogP) is 3.72. The standard InChI is InChI=1S/C16H22ClN5S.HI/c1-4-18-16(21-10-15-22-11(2)12(3)23-15)19-8-7-13-5-6-14(17)20-9-13;/h5-6,9H,4,7-8,10H2,1-3H3,(H2,18,19,21);1H. The Morgan fingerprint density at radius 3 is 2.67 bits per heavy atom. The lowest BCUT2D eigenvalue weighted by Gasteiger charge is -2.10. The quantitative estimate of drug-likeness (QED) is 0.287. The average molecular weight is 480 g/mol. The van der Waals surface area contributed by atoms with Gasteiger partial charge < -0.3 is 10.6 Å². The fourth-order valence-electron chi connectivity index (χ4n) is 1.97. The number of rotatable bonds is 6. The van der Waals surface area contributed by atoms with Crippen LogP contribution in [-0.2, 0) is 13.0 Å². The molecule has 0 radical (unpaired) electrons. The number of aliphatic imine (C=N–C) groups is 1. The van der Waals surface area contributed by atoms with E-state index in [-0.39, 0.29) is 24.0 Å². The van der Waals surface area contributed by atoms with Gasteiger partial charge in [0.25, 0.3) is 0 Å². The van der Waals surface area contributed by atoms with Crippen LogP contribution in [0.1, 0.15) is 28.1 Å². The van der Waals surface area contributed by atoms with Gasteiger partial charge in [0.05, 0.1) is 12.2 Å². The van der Waals surface area contributed by atoms with Crippen LogP contribution in [-0.4, -0.2) is 29.0 Å². The lowest BCUT2D eigenvalue weighted by Crippen LogP contribution is -2.38. The van der Waals surface area contributed by atoms with Crippen LogP contribution in [0.2, 0.25) is 5.15 Å². The van der Waals surface area contributed by atoms with Crippen LogP contribution in [0.3, 0.4) is 0 Å². The van der Waals surface area contributed by atoms with Crippen LogP contribution in [0, 0.1) is 13.8 Å². The normalized spacial score (nSPS) is 11.1. The van der Waals surface area contributed by atoms with Gasteiger partial charge in [-0.05, 0) is 38.8 Å². The van der Waals surface area contributed by atoms with Crippen LogP contribution >= 0.6 is 46.9 Å². The first kappa shape index (κ1) is 21.1. The minimum absolute atomic E-state index is 0. The van der Waals surface area contributed by atoms with E-state index in [1.807, 2.05) is 19.1 Å². The number of thiazole rings is 1. The molecule has 2 heterocycles. The number of nitrogens with one attached hydrogen (secondary N) is 2. The van der Waals surface area contributed by atoms with E-state index >= 15 is 0 Å². The summed E-state index contributed by atoms with van der Waals surface area (Å²) in [7, 11) is 0. The molecule has 2 aromatic heterocycles. The Kier molecular flexibility index (Phi) is 9.53. The molecular formula is C16H23ClIN5S. The molecule has 132 valence electrons. The smallest absolute Gasteiger partial charge is 0.191 e. The van der Waals surface area contributed by atoms with Gasteiger partial charge in [0.2, 0.25) is 0 Å². The van der Waals surface area contributed by atoms with Crippen molar-refractivity contribution in [3.63, 3.8) is 0 Å². The number of nitrogens with zero attached hydrogens (tertiary/aromatic N) is 3. The number of halogens is 2. The fraction of sp³-hybridized carbons (Fsp3) is 0.438. The second kappa shape index (κ2) is 10.8. The van der Waals surface area contributed by atoms with E-state index in [2.05, 4.69) is 39.4 Å². The fourth-order valence-corrected chi connectivity index (χ4v) is 2.95. The number of hydrogen-bond acceptors (Lipinski definition) is 4. The Balaban J connectivity index is 0.00000288. The molecule has 0 amide bonds. The third-order valence-corrected chi connectivity index (χ3v) is 4.57. The number of pyridine rings is 1. The SMILES string of the molecule is CCNC(=NCc1nc(C)c(C)s1)NCCc1ccc(Cl)nc1.I. The van der Waals surface area contributed by atoms with Gasteiger partial charge in [-0.15, -0.1) is 35.3 Å². The van der Waals surface area contributed by atoms with Gasteiger partial charge in [0.15, 0.2) is 5.96 Å². The summed E-state index contributed by atoms with van der Waals surface area (Å²) in [6.45, 7) is 8.37. The van der Waals surface area contributed by atoms with E-state index in [1.54, 1.807) is 17.5 Å². The molecule has 5 nitrogen and oxygen atoms in total. The van der Waals surface area contributed by atoms with Crippen molar-refractivity contribution in [2.75, 3.05) is 13.1 Å². The maximum absolute atomic E-state index is 5.79. The topological polar surface area (TPSA) is 62.2 Å². The molecule has 0 fully saturated rings. The summed E-state index contributed by atoms with van der Waals surface area (Å²) < 4.78 is 0. The molecule has 0 aliphatic carbocycles. The van der Waals surface area contributed by atoms with E-state index in [4.69, 9.17) is 11.6 Å². The van der Waals surface area contributed by atoms with Crippen LogP contribution in [0.25, 0.3) is 0 Å². The molecule has 8 heteroatoms. The molecule has 0 saturated carbocycles. The number of aryl methyl sites for hydroxylation is 2. The van der Waals surface area contributed by atoms with E-state index < -0.39 is 0 Å². The number of guanidine groups is 1. The summed E-state index contributed by atoms with van der Waals surface area (Å²) in [6.07, 6.45) is 2.67. The Morgan fingerprint density at radius 2 is 2.08 bits per heavy atom. The summed E-state index contributed by atoms with van der Waals surface area (Å²) in [6, 6.07) is 3.80. The maximum atomic E-state index is 5.79. The van der Waals surface area contributed by atoms with Crippen molar-refractivity contribution in [2.45, 2.75) is 33.7 Å². The van der Waals surface area contributed by atoms with Crippen molar-refractivity contribution >= 4 is 52.9 Å². The molecule has 2 rings (SSSR count). The first-order valence-corrected chi connectivity index (χ1v) is 8.83. The van der Waals surface area contributed by atoms with Crippen molar-refractivity contribution < 1.29 is 0 Å². The molecule has 0 saturated heterocycles. The Hall–Kier alpha value is -0.930. The number of hydrogen-bond donors (Lipinski definition) is 2. The highest BCUT2D eigenvalue weighted by Gasteiger charge is 2.04. The molecule has 0 unspecified atom stereocenters. The van der Waals surface area contributed by atoms with Crippen molar-refractivity contribution in [3.05, 3.63) is 44.6 Å². The minimum atomic E-state index is 0. The summed E-state index contributed by atoms with van der Waals surface area (Å²) in [5, 5.41) is 8.14. The summed E-state index contributed by atoms with van der Waals surface area (Å²) in [5.41, 5.74) is 2.23. The Bertz CT molecular complexity index is 637. The molecule has 0 aliphatic rings. The van der Waals surface area contributed by atoms with Gasteiger partial charge in [0.1, 0.15) is 10.2 Å². The zero-order chi connectivity index (χ0) is 16.7. The van der Waals surface area contributed by atoms with Gasteiger partial charge in [-0.3, -0.25) is 0 Å². The van der Waals surface area contributed by atoms with Crippen LogP contribution in [0.15, 0.2) is 23.3 Å². The third-order valence-electron chi connectivity index (χ3n) is 3.28. The molecule has 0 aromatic carbocycles. The highest BCUT2D eigenvalue weighted by Crippen LogP contribution is 2.16. The molecule has 0 aliphatic heterocycles. The largest absolute Gasteiger partial charge is 0.357 e. The second-order valence-corrected chi connectivity index (χ2v) is 6.79. The maximum Gasteiger partial charge on any atom is 0.191 e. The lowest BCUT2D eigenvalue weighted by molar-refractivity contribution is 0.797. The summed E-state index contributed by atoms with van der Waals surface area (Å²) in [4.78, 5) is 14.4. The Labute approximate surface area is 169 Å². The van der Waals surface area contributed by atoms with Gasteiger partial charge in [0, 0.05) is 24.2 Å². The van der Waals surface area contributed by atoms with Crippen molar-refractivity contribution in [1.29, 1.82) is 0 Å². The average Bonchev–Trinajstić information content (AvgIpc) is 2.85. The van der Waals surface area contributed by atoms with Gasteiger partial charge in [-0.2, -0.15) is 0 Å². The van der Waals surface area contributed by atoms with E-state index in [0.29, 0.717) is 11.7 Å². The molecule has 0 spiro atoms. The zero-order valence-corrected chi connectivity index (χ0v) is 18.0. The van der Waals surface area contributed by atoms with Crippen LogP contribution in [0.4, 0.5) is 0 Å². The summed E-state index contributed by atoms with van der Waals surface area (Å²) >= 11 is 7.49. The highest BCUT2D eigenvalue weighted by atomic mass is 127. The Morgan fingerprint density at radius 1 is 1.29 bits per heavy atom. The monoisotopic (exact) mass is 479 g/mol. The molecular weight excluding hydrogens is 457 g/mol. The molecule has 2 aromatic rings. The van der Waals surface area contributed by atoms with Gasteiger partial charge in [-0.25, -0.2) is 15.0 Å². The highest BCUT2D eigenvalue weighted by molar-refractivity contribution is 14.0. The number of aromatic nitrogens is 2. The van der Waals surface area contributed by atoms with Crippen molar-refractivity contribution in [2.24, 2.45) is 4.99 Å². The van der Waals surface area contributed by atoms with Crippen LogP contribution < -0.4 is 10.6 Å². The minimum Gasteiger partial charge on any atom is -0.357 e. The van der Waals surface area contributed by atoms with E-state index in [1.165, 1.54) is 4.88 Å². The molecule has 24 heavy (non-hydrogen) atoms. The van der Waals surface area contributed by atoms with Crippen molar-refractivity contribution in [3.8, 4) is 0 Å². The molecule has 2 N–H and O–H groups in total. The lowest BCUT2D eigenvalue weighted by atomic mass is 10.2. The van der Waals surface area contributed by atoms with Gasteiger partial charge in [-0.1, -0.05) is 17.7 Å². The van der Waals surface area contributed by atoms with E-state index in [9.17, 15) is 0 Å². The third kappa shape index (κ3) is 6.90. The van der Waals surface area contributed by atoms with Crippen LogP contribution in [0.5, 0.6) is 0 Å². The van der Waals surface area contributed by atoms with E-state index in [0.717, 1.165) is 41.7 Å². The summed E-state index contributed by atoms with van der Waals surface area (Å²) in [5.74, 6) is 0.805. The zero-order valence-electron chi connectivity index (χ0n) is 14.1. The second-order valence-electron chi connectivity index (χ2n) is 5.11. The van der Waals surface area contributed by atoms with Crippen molar-refractivity contribution in [1.82, 2.24) is 20.6 Å². The van der Waals surface area contributed by atoms with Gasteiger partial charge >= 0.3 is 0 Å². The molecule has 0 atom stereocenters. The first-order chi connectivity index (χ1) is 11.1. The molecule has 0 bridgehead atoms. The predicted molar refractivity (Wildman–Crippen MR) is 113 cm³/mol.